The van der Waals surface area contributed by atoms with Crippen molar-refractivity contribution in [3.63, 3.8) is 0 Å². The lowest BCUT2D eigenvalue weighted by atomic mass is 10.0. The van der Waals surface area contributed by atoms with Gasteiger partial charge in [-0.05, 0) is 38.0 Å². The number of hydrogen-bond acceptors (Lipinski definition) is 9. The van der Waals surface area contributed by atoms with Gasteiger partial charge in [-0.3, -0.25) is 0 Å². The Morgan fingerprint density at radius 1 is 0.979 bits per heavy atom. The average molecular weight is 660 g/mol. The Morgan fingerprint density at radius 2 is 1.62 bits per heavy atom. The highest BCUT2D eigenvalue weighted by atomic mass is 16.6. The van der Waals surface area contributed by atoms with Crippen LogP contribution in [-0.4, -0.2) is 73.9 Å². The maximum atomic E-state index is 11.0. The molecule has 2 aromatic heterocycles. The van der Waals surface area contributed by atoms with Crippen molar-refractivity contribution in [1.29, 1.82) is 0 Å². The Balaban J connectivity index is 1.33. The summed E-state index contributed by atoms with van der Waals surface area (Å²) in [7, 11) is 0. The summed E-state index contributed by atoms with van der Waals surface area (Å²) in [6.07, 6.45) is 22.3. The van der Waals surface area contributed by atoms with Crippen LogP contribution in [0.3, 0.4) is 0 Å². The average Bonchev–Trinajstić information content (AvgIpc) is 3.58. The molecule has 11 nitrogen and oxygen atoms in total. The molecule has 1 fully saturated rings. The van der Waals surface area contributed by atoms with Gasteiger partial charge in [0.1, 0.15) is 30.0 Å². The lowest BCUT2D eigenvalue weighted by Crippen LogP contribution is -2.31. The lowest BCUT2D eigenvalue weighted by molar-refractivity contribution is -0.0347. The monoisotopic (exact) mass is 659 g/mol. The Bertz CT molecular complexity index is 1160. The number of anilines is 1. The van der Waals surface area contributed by atoms with E-state index in [9.17, 15) is 15.4 Å². The normalized spacial score (nSPS) is 20.2. The van der Waals surface area contributed by atoms with Crippen LogP contribution in [0, 0.1) is 12.3 Å². The second-order valence-corrected chi connectivity index (χ2v) is 13.5. The Hall–Kier alpha value is -2.47. The first-order chi connectivity index (χ1) is 22.9. The molecule has 1 saturated heterocycles. The first-order valence-electron chi connectivity index (χ1n) is 18.4. The molecule has 0 aromatic carbocycles. The molecule has 0 amide bonds. The molecule has 0 saturated carbocycles. The predicted molar refractivity (Wildman–Crippen MR) is 189 cm³/mol. The van der Waals surface area contributed by atoms with Gasteiger partial charge in [-0.1, -0.05) is 109 Å². The first-order valence-corrected chi connectivity index (χ1v) is 18.4. The van der Waals surface area contributed by atoms with Crippen LogP contribution in [-0.2, 0) is 9.47 Å². The number of oxime groups is 1. The van der Waals surface area contributed by atoms with Crippen molar-refractivity contribution in [2.24, 2.45) is 16.8 Å². The fourth-order valence-electron chi connectivity index (χ4n) is 6.24. The molecule has 2 aromatic rings. The summed E-state index contributed by atoms with van der Waals surface area (Å²) in [6, 6.07) is 0. The van der Waals surface area contributed by atoms with Crippen molar-refractivity contribution in [1.82, 2.24) is 14.5 Å². The summed E-state index contributed by atoms with van der Waals surface area (Å²) in [5.41, 5.74) is 6.88. The quantitative estimate of drug-likeness (QED) is 0.0234. The first kappa shape index (κ1) is 39.0. The summed E-state index contributed by atoms with van der Waals surface area (Å²) >= 11 is 0. The molecule has 11 heteroatoms. The number of nitrogens with two attached hydrogens (primary N) is 1. The van der Waals surface area contributed by atoms with Gasteiger partial charge in [0.25, 0.3) is 0 Å². The number of aliphatic hydroxyl groups excluding tert-OH is 2. The highest BCUT2D eigenvalue weighted by Crippen LogP contribution is 2.36. The minimum absolute atomic E-state index is 0.109. The predicted octanol–water partition coefficient (Wildman–Crippen LogP) is 7.09. The minimum Gasteiger partial charge on any atom is -0.409 e. The minimum atomic E-state index is -1.19. The van der Waals surface area contributed by atoms with E-state index >= 15 is 0 Å². The summed E-state index contributed by atoms with van der Waals surface area (Å²) in [4.78, 5) is 8.81. The highest BCUT2D eigenvalue weighted by Gasteiger charge is 2.44. The molecule has 1 radical (unpaired) electrons. The summed E-state index contributed by atoms with van der Waals surface area (Å²) in [5, 5.41) is 38.3. The van der Waals surface area contributed by atoms with Crippen LogP contribution >= 0.6 is 0 Å². The van der Waals surface area contributed by atoms with E-state index in [0.717, 1.165) is 25.9 Å². The van der Waals surface area contributed by atoms with Gasteiger partial charge in [-0.15, -0.1) is 0 Å². The van der Waals surface area contributed by atoms with E-state index in [0.29, 0.717) is 47.9 Å². The van der Waals surface area contributed by atoms with E-state index in [-0.39, 0.29) is 5.84 Å². The second kappa shape index (κ2) is 22.2. The van der Waals surface area contributed by atoms with E-state index in [1.807, 2.05) is 6.42 Å². The topological polar surface area (TPSA) is 160 Å². The zero-order valence-corrected chi connectivity index (χ0v) is 29.3. The van der Waals surface area contributed by atoms with Crippen LogP contribution in [0.25, 0.3) is 11.0 Å². The molecular formula is C36H63N6O5. The zero-order chi connectivity index (χ0) is 33.9. The molecule has 4 atom stereocenters. The molecule has 1 aliphatic heterocycles. The third kappa shape index (κ3) is 12.8. The lowest BCUT2D eigenvalue weighted by Gasteiger charge is -2.17. The van der Waals surface area contributed by atoms with Crippen molar-refractivity contribution in [2.75, 3.05) is 25.1 Å². The number of nitrogens with zero attached hydrogens (tertiary/aromatic N) is 4. The van der Waals surface area contributed by atoms with E-state index in [4.69, 9.17) is 15.2 Å². The van der Waals surface area contributed by atoms with Gasteiger partial charge in [0.2, 0.25) is 0 Å². The second-order valence-electron chi connectivity index (χ2n) is 13.5. The van der Waals surface area contributed by atoms with Crippen molar-refractivity contribution >= 4 is 22.7 Å². The van der Waals surface area contributed by atoms with Gasteiger partial charge in [-0.25, -0.2) is 9.97 Å². The third-order valence-electron chi connectivity index (χ3n) is 9.13. The molecule has 0 bridgehead atoms. The summed E-state index contributed by atoms with van der Waals surface area (Å²) < 4.78 is 13.6. The maximum absolute atomic E-state index is 11.0. The molecule has 3 rings (SSSR count). The van der Waals surface area contributed by atoms with Crippen molar-refractivity contribution in [2.45, 2.75) is 154 Å². The summed E-state index contributed by atoms with van der Waals surface area (Å²) in [5.74, 6) is 0.941. The van der Waals surface area contributed by atoms with Crippen LogP contribution in [0.1, 0.15) is 142 Å². The molecule has 6 N–H and O–H groups in total. The number of nitrogens with one attached hydrogen (secondary N) is 1. The van der Waals surface area contributed by atoms with Crippen LogP contribution < -0.4 is 11.1 Å². The Kier molecular flexibility index (Phi) is 18.4. The molecule has 267 valence electrons. The van der Waals surface area contributed by atoms with Crippen LogP contribution in [0.4, 0.5) is 5.82 Å². The van der Waals surface area contributed by atoms with Crippen LogP contribution in [0.5, 0.6) is 0 Å². The molecule has 0 aliphatic carbocycles. The van der Waals surface area contributed by atoms with E-state index in [1.165, 1.54) is 89.8 Å². The van der Waals surface area contributed by atoms with Gasteiger partial charge in [0.15, 0.2) is 12.1 Å². The van der Waals surface area contributed by atoms with E-state index in [2.05, 4.69) is 41.2 Å². The molecular weight excluding hydrogens is 596 g/mol. The van der Waals surface area contributed by atoms with Crippen LogP contribution in [0.2, 0.25) is 0 Å². The maximum Gasteiger partial charge on any atom is 0.172 e. The summed E-state index contributed by atoms with van der Waals surface area (Å²) in [6.45, 7) is 8.64. The van der Waals surface area contributed by atoms with Gasteiger partial charge >= 0.3 is 0 Å². The Labute approximate surface area is 282 Å². The highest BCUT2D eigenvalue weighted by molar-refractivity contribution is 6.11. The SMILES string of the molecule is CCCCCCCCCCCCCCCCOCC[CH]CC1O[C@@H](n2cc(C(N)=NO)c3c(NCCC(C)C)ncnc32)[C@H](O)C1O. The largest absolute Gasteiger partial charge is 0.409 e. The number of amidine groups is 1. The van der Waals surface area contributed by atoms with Gasteiger partial charge in [0, 0.05) is 26.0 Å². The van der Waals surface area contributed by atoms with Crippen LogP contribution in [0.15, 0.2) is 17.7 Å². The smallest absolute Gasteiger partial charge is 0.172 e. The molecule has 2 unspecified atom stereocenters. The number of rotatable bonds is 26. The fraction of sp³-hybridized carbons (Fsp3) is 0.778. The number of aliphatic hydroxyl groups is 2. The van der Waals surface area contributed by atoms with E-state index in [1.54, 1.807) is 10.8 Å². The third-order valence-corrected chi connectivity index (χ3v) is 9.13. The number of fused-ring (bicyclic) bond motifs is 1. The van der Waals surface area contributed by atoms with Crippen molar-refractivity contribution in [3.05, 3.63) is 24.5 Å². The van der Waals surface area contributed by atoms with Gasteiger partial charge in [0.05, 0.1) is 17.1 Å². The molecule has 1 aliphatic rings. The number of hydrogen-bond donors (Lipinski definition) is 5. The van der Waals surface area contributed by atoms with Gasteiger partial charge < -0.3 is 40.5 Å². The zero-order valence-electron chi connectivity index (χ0n) is 29.3. The van der Waals surface area contributed by atoms with E-state index < -0.39 is 24.5 Å². The number of unbranched alkanes of at least 4 members (excludes halogenated alkanes) is 14. The number of aromatic nitrogens is 3. The number of ether oxygens (including phenoxy) is 2. The van der Waals surface area contributed by atoms with Crippen molar-refractivity contribution in [3.8, 4) is 0 Å². The molecule has 0 spiro atoms. The standard InChI is InChI=1S/C36H63N6O5/c1-4-5-6-7-8-9-10-11-12-13-14-15-16-18-23-46-24-19-17-20-29-31(43)32(44)36(47-29)42-25-28(33(37)41-45)30-34(38-22-21-27(2)3)39-26-40-35(30)42/h17,25-27,29,31-32,36,43-45H,4-16,18-24H2,1-3H3,(H2,37,41)(H,38,39,40)/t29?,31?,32-,36-/m1/s1. The Morgan fingerprint density at radius 3 is 2.23 bits per heavy atom. The van der Waals surface area contributed by atoms with Crippen molar-refractivity contribution < 1.29 is 24.9 Å². The van der Waals surface area contributed by atoms with Gasteiger partial charge in [-0.2, -0.15) is 0 Å². The molecule has 3 heterocycles. The fourth-order valence-corrected chi connectivity index (χ4v) is 6.24. The molecule has 47 heavy (non-hydrogen) atoms.